The molecule has 3 aromatic rings. The number of hydrazone groups is 1. The van der Waals surface area contributed by atoms with Crippen LogP contribution in [0.25, 0.3) is 0 Å². The lowest BCUT2D eigenvalue weighted by molar-refractivity contribution is -0.119. The van der Waals surface area contributed by atoms with E-state index in [1.807, 2.05) is 0 Å². The summed E-state index contributed by atoms with van der Waals surface area (Å²) in [6.07, 6.45) is 2.99. The molecule has 0 atom stereocenters. The average molecular weight is 498 g/mol. The van der Waals surface area contributed by atoms with Crippen molar-refractivity contribution in [2.45, 2.75) is 4.90 Å². The second-order valence-corrected chi connectivity index (χ2v) is 8.97. The molecule has 0 aliphatic rings. The SMILES string of the molecule is C=CCOc1ccc(/C=N\NC(=O)CN(c2ccc(F)cc2)S(=O)(=O)c2ccccc2)cc1OC. The first kappa shape index (κ1) is 25.4. The number of methoxy groups -OCH3 is 1. The number of carbonyl (C=O) groups excluding carboxylic acids is 1. The largest absolute Gasteiger partial charge is 0.493 e. The van der Waals surface area contributed by atoms with E-state index < -0.39 is 28.3 Å². The third-order valence-corrected chi connectivity index (χ3v) is 6.47. The highest BCUT2D eigenvalue weighted by Crippen LogP contribution is 2.27. The standard InChI is InChI=1S/C25H24FN3O5S/c1-3-15-34-23-14-9-19(16-24(23)33-2)17-27-28-25(30)18-29(21-12-10-20(26)11-13-21)35(31,32)22-7-5-4-6-8-22/h3-14,16-17H,1,15,18H2,2H3,(H,28,30)/b27-17-. The van der Waals surface area contributed by atoms with Gasteiger partial charge in [-0.3, -0.25) is 9.10 Å². The van der Waals surface area contributed by atoms with E-state index >= 15 is 0 Å². The van der Waals surface area contributed by atoms with Gasteiger partial charge in [-0.15, -0.1) is 0 Å². The number of halogens is 1. The number of benzene rings is 3. The zero-order valence-electron chi connectivity index (χ0n) is 18.9. The zero-order valence-corrected chi connectivity index (χ0v) is 19.7. The molecule has 8 nitrogen and oxygen atoms in total. The number of nitrogens with zero attached hydrogens (tertiary/aromatic N) is 2. The maximum absolute atomic E-state index is 13.4. The summed E-state index contributed by atoms with van der Waals surface area (Å²) in [5.74, 6) is -0.229. The summed E-state index contributed by atoms with van der Waals surface area (Å²) >= 11 is 0. The van der Waals surface area contributed by atoms with E-state index in [0.29, 0.717) is 23.7 Å². The minimum Gasteiger partial charge on any atom is -0.493 e. The summed E-state index contributed by atoms with van der Waals surface area (Å²) in [5, 5.41) is 3.91. The fourth-order valence-electron chi connectivity index (χ4n) is 3.02. The fraction of sp³-hybridized carbons (Fsp3) is 0.120. The van der Waals surface area contributed by atoms with Gasteiger partial charge in [0.05, 0.1) is 23.9 Å². The van der Waals surface area contributed by atoms with Crippen molar-refractivity contribution in [2.75, 3.05) is 24.6 Å². The van der Waals surface area contributed by atoms with E-state index in [9.17, 15) is 17.6 Å². The Kier molecular flexibility index (Phi) is 8.58. The summed E-state index contributed by atoms with van der Waals surface area (Å²) in [6.45, 7) is 3.34. The van der Waals surface area contributed by atoms with Crippen LogP contribution in [0, 0.1) is 5.82 Å². The lowest BCUT2D eigenvalue weighted by Crippen LogP contribution is -2.39. The topological polar surface area (TPSA) is 97.3 Å². The van der Waals surface area contributed by atoms with Gasteiger partial charge in [0.2, 0.25) is 0 Å². The monoisotopic (exact) mass is 497 g/mol. The Morgan fingerprint density at radius 1 is 1.09 bits per heavy atom. The predicted molar refractivity (Wildman–Crippen MR) is 132 cm³/mol. The predicted octanol–water partition coefficient (Wildman–Crippen LogP) is 3.74. The van der Waals surface area contributed by atoms with Gasteiger partial charge in [-0.1, -0.05) is 30.9 Å². The van der Waals surface area contributed by atoms with Crippen LogP contribution in [0.3, 0.4) is 0 Å². The van der Waals surface area contributed by atoms with Gasteiger partial charge in [-0.2, -0.15) is 5.10 Å². The number of ether oxygens (including phenoxy) is 2. The minimum absolute atomic E-state index is 0.00788. The van der Waals surface area contributed by atoms with Gasteiger partial charge in [0.15, 0.2) is 11.5 Å². The summed E-state index contributed by atoms with van der Waals surface area (Å²) in [4.78, 5) is 12.6. The molecule has 0 unspecified atom stereocenters. The Morgan fingerprint density at radius 3 is 2.46 bits per heavy atom. The van der Waals surface area contributed by atoms with Crippen LogP contribution in [-0.4, -0.2) is 40.8 Å². The highest BCUT2D eigenvalue weighted by Gasteiger charge is 2.27. The molecular formula is C25H24FN3O5S. The molecule has 3 aromatic carbocycles. The molecule has 0 fully saturated rings. The smallest absolute Gasteiger partial charge is 0.264 e. The third-order valence-electron chi connectivity index (χ3n) is 4.68. The van der Waals surface area contributed by atoms with Crippen molar-refractivity contribution in [2.24, 2.45) is 5.10 Å². The molecular weight excluding hydrogens is 473 g/mol. The van der Waals surface area contributed by atoms with Crippen molar-refractivity contribution in [3.63, 3.8) is 0 Å². The Morgan fingerprint density at radius 2 is 1.80 bits per heavy atom. The normalized spacial score (nSPS) is 11.1. The summed E-state index contributed by atoms with van der Waals surface area (Å²) in [7, 11) is -2.60. The Balaban J connectivity index is 1.76. The van der Waals surface area contributed by atoms with Gasteiger partial charge in [0, 0.05) is 0 Å². The van der Waals surface area contributed by atoms with Crippen molar-refractivity contribution in [1.82, 2.24) is 5.43 Å². The number of nitrogens with one attached hydrogen (secondary N) is 1. The molecule has 0 radical (unpaired) electrons. The second-order valence-electron chi connectivity index (χ2n) is 7.10. The number of anilines is 1. The van der Waals surface area contributed by atoms with Crippen LogP contribution >= 0.6 is 0 Å². The van der Waals surface area contributed by atoms with Crippen LogP contribution in [-0.2, 0) is 14.8 Å². The maximum Gasteiger partial charge on any atom is 0.264 e. The van der Waals surface area contributed by atoms with Crippen LogP contribution in [0.5, 0.6) is 11.5 Å². The van der Waals surface area contributed by atoms with Crippen molar-refractivity contribution in [3.05, 3.63) is 96.8 Å². The Hall–Kier alpha value is -4.18. The molecule has 0 aliphatic carbocycles. The maximum atomic E-state index is 13.4. The molecule has 3 rings (SSSR count). The lowest BCUT2D eigenvalue weighted by atomic mass is 10.2. The summed E-state index contributed by atoms with van der Waals surface area (Å²) < 4.78 is 51.5. The van der Waals surface area contributed by atoms with Gasteiger partial charge in [0.1, 0.15) is 19.0 Å². The molecule has 0 aliphatic heterocycles. The van der Waals surface area contributed by atoms with Crippen LogP contribution < -0.4 is 19.2 Å². The van der Waals surface area contributed by atoms with Gasteiger partial charge < -0.3 is 9.47 Å². The number of amides is 1. The van der Waals surface area contributed by atoms with Gasteiger partial charge >= 0.3 is 0 Å². The molecule has 0 saturated carbocycles. The first-order valence-electron chi connectivity index (χ1n) is 10.4. The molecule has 1 N–H and O–H groups in total. The first-order valence-corrected chi connectivity index (χ1v) is 11.9. The fourth-order valence-corrected chi connectivity index (χ4v) is 4.46. The van der Waals surface area contributed by atoms with E-state index in [4.69, 9.17) is 9.47 Å². The Bertz CT molecular complexity index is 1300. The molecule has 0 bridgehead atoms. The Labute approximate surface area is 203 Å². The van der Waals surface area contributed by atoms with Gasteiger partial charge in [0.25, 0.3) is 15.9 Å². The second kappa shape index (κ2) is 11.8. The van der Waals surface area contributed by atoms with Gasteiger partial charge in [-0.05, 0) is 60.2 Å². The molecule has 0 saturated heterocycles. The van der Waals surface area contributed by atoms with E-state index in [1.165, 1.54) is 37.6 Å². The molecule has 35 heavy (non-hydrogen) atoms. The van der Waals surface area contributed by atoms with E-state index in [-0.39, 0.29) is 10.6 Å². The molecule has 182 valence electrons. The van der Waals surface area contributed by atoms with Crippen molar-refractivity contribution >= 4 is 27.8 Å². The van der Waals surface area contributed by atoms with Crippen LogP contribution in [0.1, 0.15) is 5.56 Å². The number of rotatable bonds is 11. The molecule has 0 aromatic heterocycles. The molecule has 10 heteroatoms. The van der Waals surface area contributed by atoms with Crippen LogP contribution in [0.4, 0.5) is 10.1 Å². The zero-order chi connectivity index (χ0) is 25.3. The van der Waals surface area contributed by atoms with E-state index in [1.54, 1.807) is 42.5 Å². The van der Waals surface area contributed by atoms with Crippen molar-refractivity contribution in [3.8, 4) is 11.5 Å². The van der Waals surface area contributed by atoms with Crippen LogP contribution in [0.2, 0.25) is 0 Å². The number of hydrogen-bond donors (Lipinski definition) is 1. The lowest BCUT2D eigenvalue weighted by Gasteiger charge is -2.23. The molecule has 1 amide bonds. The minimum atomic E-state index is -4.10. The number of carbonyl (C=O) groups is 1. The quantitative estimate of drug-likeness (QED) is 0.247. The highest BCUT2D eigenvalue weighted by atomic mass is 32.2. The summed E-state index contributed by atoms with van der Waals surface area (Å²) in [6, 6.07) is 17.5. The average Bonchev–Trinajstić information content (AvgIpc) is 2.87. The van der Waals surface area contributed by atoms with E-state index in [0.717, 1.165) is 16.4 Å². The third kappa shape index (κ3) is 6.67. The highest BCUT2D eigenvalue weighted by molar-refractivity contribution is 7.92. The van der Waals surface area contributed by atoms with E-state index in [2.05, 4.69) is 17.1 Å². The van der Waals surface area contributed by atoms with Crippen molar-refractivity contribution in [1.29, 1.82) is 0 Å². The number of hydrogen-bond acceptors (Lipinski definition) is 6. The number of sulfonamides is 1. The van der Waals surface area contributed by atoms with Gasteiger partial charge in [-0.25, -0.2) is 18.2 Å². The van der Waals surface area contributed by atoms with Crippen LogP contribution in [0.15, 0.2) is 95.4 Å². The van der Waals surface area contributed by atoms with Crippen molar-refractivity contribution < 1.29 is 27.1 Å². The first-order chi connectivity index (χ1) is 16.8. The molecule has 0 spiro atoms. The summed E-state index contributed by atoms with van der Waals surface area (Å²) in [5.41, 5.74) is 3.06. The molecule has 0 heterocycles.